The monoisotopic (exact) mass is 182 g/mol. The van der Waals surface area contributed by atoms with Crippen LogP contribution in [-0.2, 0) is 4.79 Å². The Labute approximate surface area is 82.2 Å². The second kappa shape index (κ2) is 9.50. The molecule has 1 nitrogen and oxygen atoms in total. The number of aldehydes is 1. The Morgan fingerprint density at radius 1 is 1.15 bits per heavy atom. The summed E-state index contributed by atoms with van der Waals surface area (Å²) in [6, 6.07) is 0. The Balaban J connectivity index is 3.08. The molecule has 13 heavy (non-hydrogen) atoms. The molecule has 76 valence electrons. The Morgan fingerprint density at radius 3 is 2.54 bits per heavy atom. The van der Waals surface area contributed by atoms with Crippen molar-refractivity contribution in [2.45, 2.75) is 52.4 Å². The molecule has 0 bridgehead atoms. The number of carbonyl (C=O) groups is 1. The maximum atomic E-state index is 10.3. The molecular formula is C12H22O. The van der Waals surface area contributed by atoms with Gasteiger partial charge in [0, 0.05) is 5.92 Å². The van der Waals surface area contributed by atoms with Crippen LogP contribution in [0.15, 0.2) is 12.2 Å². The van der Waals surface area contributed by atoms with Crippen molar-refractivity contribution in [3.05, 3.63) is 12.2 Å². The first-order chi connectivity index (χ1) is 6.31. The van der Waals surface area contributed by atoms with Gasteiger partial charge in [0.05, 0.1) is 0 Å². The molecule has 0 aromatic rings. The van der Waals surface area contributed by atoms with E-state index in [0.29, 0.717) is 0 Å². The van der Waals surface area contributed by atoms with Crippen molar-refractivity contribution in [2.24, 2.45) is 5.92 Å². The molecule has 0 fully saturated rings. The van der Waals surface area contributed by atoms with Crippen molar-refractivity contribution in [1.82, 2.24) is 0 Å². The lowest BCUT2D eigenvalue weighted by Crippen LogP contribution is -1.94. The smallest absolute Gasteiger partial charge is 0.122 e. The molecule has 0 heterocycles. The molecule has 0 spiro atoms. The average molecular weight is 182 g/mol. The Bertz CT molecular complexity index is 138. The predicted molar refractivity (Wildman–Crippen MR) is 57.7 cm³/mol. The molecular weight excluding hydrogens is 160 g/mol. The van der Waals surface area contributed by atoms with E-state index < -0.39 is 0 Å². The van der Waals surface area contributed by atoms with Gasteiger partial charge in [-0.1, -0.05) is 38.8 Å². The molecule has 0 aliphatic rings. The van der Waals surface area contributed by atoms with Crippen LogP contribution in [0, 0.1) is 5.92 Å². The molecule has 0 radical (unpaired) electrons. The first kappa shape index (κ1) is 12.4. The summed E-state index contributed by atoms with van der Waals surface area (Å²) in [5.41, 5.74) is 0. The highest BCUT2D eigenvalue weighted by Gasteiger charge is 1.97. The van der Waals surface area contributed by atoms with Crippen LogP contribution in [0.1, 0.15) is 52.4 Å². The Kier molecular flexibility index (Phi) is 9.07. The van der Waals surface area contributed by atoms with Crippen molar-refractivity contribution < 1.29 is 4.79 Å². The van der Waals surface area contributed by atoms with Gasteiger partial charge in [-0.3, -0.25) is 0 Å². The summed E-state index contributed by atoms with van der Waals surface area (Å²) >= 11 is 0. The topological polar surface area (TPSA) is 17.1 Å². The minimum absolute atomic E-state index is 0.256. The number of unbranched alkanes of at least 4 members (excludes halogenated alkanes) is 3. The lowest BCUT2D eigenvalue weighted by molar-refractivity contribution is -0.110. The first-order valence-corrected chi connectivity index (χ1v) is 5.41. The molecule has 0 aromatic carbocycles. The van der Waals surface area contributed by atoms with E-state index in [2.05, 4.69) is 19.1 Å². The highest BCUT2D eigenvalue weighted by molar-refractivity contribution is 5.52. The lowest BCUT2D eigenvalue weighted by atomic mass is 10.0. The van der Waals surface area contributed by atoms with Crippen LogP contribution in [0.25, 0.3) is 0 Å². The van der Waals surface area contributed by atoms with Crippen LogP contribution in [0.4, 0.5) is 0 Å². The van der Waals surface area contributed by atoms with Crippen LogP contribution in [-0.4, -0.2) is 6.29 Å². The van der Waals surface area contributed by atoms with Crippen LogP contribution in [0.5, 0.6) is 0 Å². The molecule has 0 aliphatic carbocycles. The summed E-state index contributed by atoms with van der Waals surface area (Å²) in [6.07, 6.45) is 12.6. The van der Waals surface area contributed by atoms with Crippen molar-refractivity contribution in [3.63, 3.8) is 0 Å². The molecule has 0 aliphatic heterocycles. The minimum Gasteiger partial charge on any atom is -0.303 e. The standard InChI is InChI=1S/C12H22O/c1-3-4-5-6-7-8-9-10-12(2)11-13/h4-5,11-12H,3,6-10H2,1-2H3. The molecule has 0 saturated heterocycles. The fraction of sp³-hybridized carbons (Fsp3) is 0.750. The van der Waals surface area contributed by atoms with Gasteiger partial charge in [-0.15, -0.1) is 0 Å². The van der Waals surface area contributed by atoms with E-state index in [9.17, 15) is 4.79 Å². The molecule has 0 saturated carbocycles. The zero-order chi connectivity index (χ0) is 9.94. The second-order valence-electron chi connectivity index (χ2n) is 3.63. The van der Waals surface area contributed by atoms with Crippen LogP contribution >= 0.6 is 0 Å². The third-order valence-electron chi connectivity index (χ3n) is 2.16. The van der Waals surface area contributed by atoms with E-state index in [0.717, 1.165) is 19.1 Å². The van der Waals surface area contributed by atoms with E-state index in [1.54, 1.807) is 0 Å². The summed E-state index contributed by atoms with van der Waals surface area (Å²) < 4.78 is 0. The molecule has 0 rings (SSSR count). The van der Waals surface area contributed by atoms with Crippen LogP contribution in [0.3, 0.4) is 0 Å². The molecule has 0 amide bonds. The summed E-state index contributed by atoms with van der Waals surface area (Å²) in [4.78, 5) is 10.3. The quantitative estimate of drug-likeness (QED) is 0.317. The van der Waals surface area contributed by atoms with Gasteiger partial charge >= 0.3 is 0 Å². The summed E-state index contributed by atoms with van der Waals surface area (Å²) in [7, 11) is 0. The number of hydrogen-bond acceptors (Lipinski definition) is 1. The van der Waals surface area contributed by atoms with Crippen molar-refractivity contribution in [3.8, 4) is 0 Å². The zero-order valence-electron chi connectivity index (χ0n) is 8.96. The summed E-state index contributed by atoms with van der Waals surface area (Å²) in [6.45, 7) is 4.15. The number of carbonyl (C=O) groups excluding carboxylic acids is 1. The molecule has 0 aromatic heterocycles. The Morgan fingerprint density at radius 2 is 1.92 bits per heavy atom. The van der Waals surface area contributed by atoms with Gasteiger partial charge in [0.25, 0.3) is 0 Å². The van der Waals surface area contributed by atoms with E-state index in [1.165, 1.54) is 25.7 Å². The van der Waals surface area contributed by atoms with Crippen molar-refractivity contribution in [2.75, 3.05) is 0 Å². The van der Waals surface area contributed by atoms with E-state index >= 15 is 0 Å². The Hall–Kier alpha value is -0.590. The van der Waals surface area contributed by atoms with Gasteiger partial charge in [-0.05, 0) is 25.7 Å². The summed E-state index contributed by atoms with van der Waals surface area (Å²) in [5, 5.41) is 0. The molecule has 1 heteroatoms. The zero-order valence-corrected chi connectivity index (χ0v) is 8.96. The van der Waals surface area contributed by atoms with Crippen LogP contribution < -0.4 is 0 Å². The predicted octanol–water partition coefficient (Wildman–Crippen LogP) is 3.74. The molecule has 1 unspecified atom stereocenters. The van der Waals surface area contributed by atoms with Crippen molar-refractivity contribution in [1.29, 1.82) is 0 Å². The normalized spacial score (nSPS) is 13.4. The van der Waals surface area contributed by atoms with Crippen LogP contribution in [0.2, 0.25) is 0 Å². The SMILES string of the molecule is CCC=CCCCCCC(C)C=O. The van der Waals surface area contributed by atoms with Crippen molar-refractivity contribution >= 4 is 6.29 Å². The van der Waals surface area contributed by atoms with Gasteiger partial charge in [0.2, 0.25) is 0 Å². The average Bonchev–Trinajstić information content (AvgIpc) is 2.16. The number of allylic oxidation sites excluding steroid dienone is 2. The lowest BCUT2D eigenvalue weighted by Gasteiger charge is -2.01. The molecule has 0 N–H and O–H groups in total. The minimum atomic E-state index is 0.256. The summed E-state index contributed by atoms with van der Waals surface area (Å²) in [5.74, 6) is 0.256. The van der Waals surface area contributed by atoms with Gasteiger partial charge < -0.3 is 4.79 Å². The molecule has 1 atom stereocenters. The number of rotatable bonds is 8. The maximum Gasteiger partial charge on any atom is 0.122 e. The van der Waals surface area contributed by atoms with E-state index in [4.69, 9.17) is 0 Å². The number of hydrogen-bond donors (Lipinski definition) is 0. The fourth-order valence-electron chi connectivity index (χ4n) is 1.26. The van der Waals surface area contributed by atoms with E-state index in [-0.39, 0.29) is 5.92 Å². The second-order valence-corrected chi connectivity index (χ2v) is 3.63. The highest BCUT2D eigenvalue weighted by Crippen LogP contribution is 2.08. The largest absolute Gasteiger partial charge is 0.303 e. The van der Waals surface area contributed by atoms with Gasteiger partial charge in [0.15, 0.2) is 0 Å². The van der Waals surface area contributed by atoms with Gasteiger partial charge in [0.1, 0.15) is 6.29 Å². The van der Waals surface area contributed by atoms with E-state index in [1.807, 2.05) is 6.92 Å². The van der Waals surface area contributed by atoms with Gasteiger partial charge in [-0.2, -0.15) is 0 Å². The maximum absolute atomic E-state index is 10.3. The fourth-order valence-corrected chi connectivity index (χ4v) is 1.26. The third-order valence-corrected chi connectivity index (χ3v) is 2.16. The van der Waals surface area contributed by atoms with Gasteiger partial charge in [-0.25, -0.2) is 0 Å². The highest BCUT2D eigenvalue weighted by atomic mass is 16.1. The first-order valence-electron chi connectivity index (χ1n) is 5.41. The third kappa shape index (κ3) is 9.32.